The SMILES string of the molecule is COC(=O)/C=C(/C)NCc1ccccc1CC(=O)[O-].[Na+]. The summed E-state index contributed by atoms with van der Waals surface area (Å²) in [4.78, 5) is 21.7. The third-order valence-electron chi connectivity index (χ3n) is 2.55. The first kappa shape index (κ1) is 18.7. The summed E-state index contributed by atoms with van der Waals surface area (Å²) in [5.74, 6) is -1.55. The van der Waals surface area contributed by atoms with Crippen LogP contribution in [0.5, 0.6) is 0 Å². The van der Waals surface area contributed by atoms with Gasteiger partial charge in [-0.1, -0.05) is 24.3 Å². The van der Waals surface area contributed by atoms with E-state index in [2.05, 4.69) is 10.1 Å². The van der Waals surface area contributed by atoms with Crippen molar-refractivity contribution in [2.24, 2.45) is 0 Å². The van der Waals surface area contributed by atoms with Gasteiger partial charge in [-0.15, -0.1) is 0 Å². The number of nitrogens with one attached hydrogen (secondary N) is 1. The molecule has 0 atom stereocenters. The molecule has 0 aliphatic carbocycles. The molecule has 1 aromatic carbocycles. The fraction of sp³-hybridized carbons (Fsp3) is 0.286. The fourth-order valence-electron chi connectivity index (χ4n) is 1.58. The number of aliphatic carboxylic acids is 1. The van der Waals surface area contributed by atoms with E-state index in [1.807, 2.05) is 12.1 Å². The van der Waals surface area contributed by atoms with Crippen molar-refractivity contribution in [2.45, 2.75) is 19.9 Å². The van der Waals surface area contributed by atoms with Crippen molar-refractivity contribution in [1.82, 2.24) is 5.32 Å². The largest absolute Gasteiger partial charge is 1.00 e. The third-order valence-corrected chi connectivity index (χ3v) is 2.55. The molecule has 102 valence electrons. The second-order valence-corrected chi connectivity index (χ2v) is 4.02. The zero-order valence-corrected chi connectivity index (χ0v) is 13.9. The molecule has 0 radical (unpaired) electrons. The molecule has 0 aromatic heterocycles. The minimum absolute atomic E-state index is 0. The Bertz CT molecular complexity index is 500. The van der Waals surface area contributed by atoms with Gasteiger partial charge in [0.2, 0.25) is 0 Å². The van der Waals surface area contributed by atoms with Gasteiger partial charge in [-0.3, -0.25) is 0 Å². The average molecular weight is 285 g/mol. The summed E-state index contributed by atoms with van der Waals surface area (Å²) in [6, 6.07) is 7.18. The van der Waals surface area contributed by atoms with Gasteiger partial charge < -0.3 is 20.0 Å². The van der Waals surface area contributed by atoms with Crippen LogP contribution in [0.3, 0.4) is 0 Å². The zero-order valence-electron chi connectivity index (χ0n) is 11.9. The van der Waals surface area contributed by atoms with Crippen molar-refractivity contribution in [3.05, 3.63) is 47.2 Å². The Kier molecular flexibility index (Phi) is 8.96. The first-order valence-electron chi connectivity index (χ1n) is 5.79. The van der Waals surface area contributed by atoms with E-state index >= 15 is 0 Å². The number of carbonyl (C=O) groups is 2. The van der Waals surface area contributed by atoms with E-state index in [4.69, 9.17) is 0 Å². The Hall–Kier alpha value is -1.30. The van der Waals surface area contributed by atoms with Crippen LogP contribution in [-0.2, 0) is 27.3 Å². The first-order valence-corrected chi connectivity index (χ1v) is 5.79. The number of rotatable bonds is 6. The van der Waals surface area contributed by atoms with Gasteiger partial charge in [0.15, 0.2) is 0 Å². The van der Waals surface area contributed by atoms with Crippen LogP contribution in [0.15, 0.2) is 36.0 Å². The Morgan fingerprint density at radius 1 is 1.30 bits per heavy atom. The second-order valence-electron chi connectivity index (χ2n) is 4.02. The quantitative estimate of drug-likeness (QED) is 0.346. The number of carboxylic acid groups (broad SMARTS) is 1. The molecule has 0 heterocycles. The maximum Gasteiger partial charge on any atom is 1.00 e. The standard InChI is InChI=1S/C14H17NO4.Na/c1-10(7-14(18)19-2)15-9-12-6-4-3-5-11(12)8-13(16)17;/h3-7,15H,8-9H2,1-2H3,(H,16,17);/q;+1/p-1/b10-7-;. The van der Waals surface area contributed by atoms with Crippen molar-refractivity contribution in [2.75, 3.05) is 7.11 Å². The van der Waals surface area contributed by atoms with E-state index in [0.29, 0.717) is 17.8 Å². The van der Waals surface area contributed by atoms with E-state index in [-0.39, 0.29) is 36.0 Å². The van der Waals surface area contributed by atoms with Crippen molar-refractivity contribution in [3.8, 4) is 0 Å². The summed E-state index contributed by atoms with van der Waals surface area (Å²) in [5.41, 5.74) is 2.19. The predicted octanol–water partition coefficient (Wildman–Crippen LogP) is -2.85. The summed E-state index contributed by atoms with van der Waals surface area (Å²) in [5, 5.41) is 13.7. The van der Waals surface area contributed by atoms with E-state index < -0.39 is 11.9 Å². The van der Waals surface area contributed by atoms with Crippen molar-refractivity contribution in [3.63, 3.8) is 0 Å². The molecule has 0 unspecified atom stereocenters. The van der Waals surface area contributed by atoms with Gasteiger partial charge in [-0.25, -0.2) is 4.79 Å². The summed E-state index contributed by atoms with van der Waals surface area (Å²) >= 11 is 0. The minimum atomic E-state index is -1.12. The first-order chi connectivity index (χ1) is 9.02. The molecule has 0 amide bonds. The molecular weight excluding hydrogens is 269 g/mol. The normalized spacial score (nSPS) is 10.4. The number of carboxylic acids is 1. The molecule has 1 N–H and O–H groups in total. The maximum absolute atomic E-state index is 11.0. The number of carbonyl (C=O) groups excluding carboxylic acids is 2. The van der Waals surface area contributed by atoms with Crippen LogP contribution in [0.25, 0.3) is 0 Å². The number of hydrogen-bond acceptors (Lipinski definition) is 5. The second kappa shape index (κ2) is 9.58. The number of methoxy groups -OCH3 is 1. The Balaban J connectivity index is 0.00000361. The Morgan fingerprint density at radius 2 is 1.90 bits per heavy atom. The zero-order chi connectivity index (χ0) is 14.3. The fourth-order valence-corrected chi connectivity index (χ4v) is 1.58. The van der Waals surface area contributed by atoms with Crippen LogP contribution in [0, 0.1) is 0 Å². The molecule has 0 aliphatic rings. The third kappa shape index (κ3) is 6.75. The molecule has 0 saturated carbocycles. The Labute approximate surface area is 140 Å². The molecule has 0 bridgehead atoms. The van der Waals surface area contributed by atoms with Crippen LogP contribution < -0.4 is 40.0 Å². The van der Waals surface area contributed by atoms with Crippen LogP contribution in [0.4, 0.5) is 0 Å². The van der Waals surface area contributed by atoms with Gasteiger partial charge >= 0.3 is 35.5 Å². The number of ether oxygens (including phenoxy) is 1. The van der Waals surface area contributed by atoms with Gasteiger partial charge in [0.1, 0.15) is 0 Å². The molecule has 6 heteroatoms. The molecule has 1 rings (SSSR count). The van der Waals surface area contributed by atoms with Crippen LogP contribution >= 0.6 is 0 Å². The Morgan fingerprint density at radius 3 is 2.45 bits per heavy atom. The van der Waals surface area contributed by atoms with Gasteiger partial charge in [0, 0.05) is 30.7 Å². The smallest absolute Gasteiger partial charge is 0.550 e. The average Bonchev–Trinajstić information content (AvgIpc) is 2.37. The topological polar surface area (TPSA) is 78.5 Å². The van der Waals surface area contributed by atoms with Crippen molar-refractivity contribution >= 4 is 11.9 Å². The number of allylic oxidation sites excluding steroid dienone is 1. The van der Waals surface area contributed by atoms with Crippen LogP contribution in [-0.4, -0.2) is 19.0 Å². The number of benzene rings is 1. The molecule has 0 spiro atoms. The van der Waals surface area contributed by atoms with E-state index in [1.54, 1.807) is 19.1 Å². The van der Waals surface area contributed by atoms with Crippen molar-refractivity contribution in [1.29, 1.82) is 0 Å². The molecule has 5 nitrogen and oxygen atoms in total. The minimum Gasteiger partial charge on any atom is -0.550 e. The summed E-state index contributed by atoms with van der Waals surface area (Å²) in [6.45, 7) is 2.17. The molecule has 0 fully saturated rings. The monoisotopic (exact) mass is 285 g/mol. The van der Waals surface area contributed by atoms with Gasteiger partial charge in [0.25, 0.3) is 0 Å². The van der Waals surface area contributed by atoms with Gasteiger partial charge in [-0.2, -0.15) is 0 Å². The van der Waals surface area contributed by atoms with E-state index in [0.717, 1.165) is 5.56 Å². The molecule has 0 saturated heterocycles. The maximum atomic E-state index is 11.0. The van der Waals surface area contributed by atoms with Crippen LogP contribution in [0.2, 0.25) is 0 Å². The summed E-state index contributed by atoms with van der Waals surface area (Å²) < 4.78 is 4.51. The summed E-state index contributed by atoms with van der Waals surface area (Å²) in [7, 11) is 1.31. The van der Waals surface area contributed by atoms with Crippen molar-refractivity contribution < 1.29 is 49.0 Å². The van der Waals surface area contributed by atoms with E-state index in [1.165, 1.54) is 13.2 Å². The molecule has 1 aromatic rings. The molecular formula is C14H16NNaO4. The number of esters is 1. The summed E-state index contributed by atoms with van der Waals surface area (Å²) in [6.07, 6.45) is 1.21. The number of hydrogen-bond donors (Lipinski definition) is 1. The van der Waals surface area contributed by atoms with E-state index in [9.17, 15) is 14.7 Å². The van der Waals surface area contributed by atoms with Gasteiger partial charge in [0.05, 0.1) is 7.11 Å². The molecule has 20 heavy (non-hydrogen) atoms. The molecule has 0 aliphatic heterocycles. The van der Waals surface area contributed by atoms with Crippen LogP contribution in [0.1, 0.15) is 18.1 Å². The predicted molar refractivity (Wildman–Crippen MR) is 67.8 cm³/mol. The van der Waals surface area contributed by atoms with Gasteiger partial charge in [-0.05, 0) is 18.1 Å².